The Bertz CT molecular complexity index is 247. The summed E-state index contributed by atoms with van der Waals surface area (Å²) in [5.41, 5.74) is 0. The molecule has 1 rings (SSSR count). The number of rotatable bonds is 3. The summed E-state index contributed by atoms with van der Waals surface area (Å²) in [7, 11) is 0. The molecule has 1 aromatic rings. The molecule has 0 spiro atoms. The highest BCUT2D eigenvalue weighted by Gasteiger charge is 2.10. The molecule has 0 aromatic carbocycles. The molecule has 5 nitrogen and oxygen atoms in total. The molecule has 1 N–H and O–H groups in total. The fourth-order valence-corrected chi connectivity index (χ4v) is 0.695. The van der Waals surface area contributed by atoms with Crippen LogP contribution in [-0.4, -0.2) is 32.6 Å². The van der Waals surface area contributed by atoms with E-state index in [1.807, 2.05) is 6.92 Å². The first kappa shape index (κ1) is 9.18. The van der Waals surface area contributed by atoms with Gasteiger partial charge in [-0.15, -0.1) is 0 Å². The third-order valence-electron chi connectivity index (χ3n) is 1.05. The zero-order chi connectivity index (χ0) is 8.97. The number of aromatic nitrogens is 3. The van der Waals surface area contributed by atoms with Gasteiger partial charge in [-0.3, -0.25) is 5.10 Å². The smallest absolute Gasteiger partial charge is 0.375 e. The first-order chi connectivity index (χ1) is 5.70. The second-order valence-corrected chi connectivity index (χ2v) is 3.78. The molecule has 0 bridgehead atoms. The molecule has 0 aliphatic heterocycles. The second kappa shape index (κ2) is 4.20. The van der Waals surface area contributed by atoms with Crippen molar-refractivity contribution in [3.05, 3.63) is 12.2 Å². The van der Waals surface area contributed by atoms with Crippen LogP contribution in [0, 0.1) is 0 Å². The number of esters is 1. The van der Waals surface area contributed by atoms with Crippen LogP contribution in [0.15, 0.2) is 6.33 Å². The maximum absolute atomic E-state index is 11.0. The summed E-state index contributed by atoms with van der Waals surface area (Å²) in [5, 5.41) is 5.93. The first-order valence-electron chi connectivity index (χ1n) is 3.36. The van der Waals surface area contributed by atoms with E-state index < -0.39 is 5.97 Å². The van der Waals surface area contributed by atoms with Crippen LogP contribution in [0.1, 0.15) is 17.5 Å². The molecule has 0 radical (unpaired) electrons. The van der Waals surface area contributed by atoms with Crippen LogP contribution >= 0.6 is 15.9 Å². The Morgan fingerprint density at radius 2 is 2.67 bits per heavy atom. The highest BCUT2D eigenvalue weighted by molar-refractivity contribution is 9.09. The van der Waals surface area contributed by atoms with Gasteiger partial charge in [-0.25, -0.2) is 9.78 Å². The third kappa shape index (κ3) is 2.61. The number of hydrogen-bond acceptors (Lipinski definition) is 4. The van der Waals surface area contributed by atoms with Gasteiger partial charge in [0.15, 0.2) is 0 Å². The van der Waals surface area contributed by atoms with E-state index in [1.54, 1.807) is 0 Å². The Kier molecular flexibility index (Phi) is 3.21. The Hall–Kier alpha value is -0.910. The molecule has 1 unspecified atom stereocenters. The largest absolute Gasteiger partial charge is 0.459 e. The van der Waals surface area contributed by atoms with Crippen molar-refractivity contribution in [3.63, 3.8) is 0 Å². The standard InChI is InChI=1S/C6H8BrN3O2/c1-4(7)2-12-6(11)5-8-3-9-10-5/h3-4H,2H2,1H3,(H,8,9,10). The number of carbonyl (C=O) groups excluding carboxylic acids is 1. The molecule has 0 saturated carbocycles. The van der Waals surface area contributed by atoms with Gasteiger partial charge in [0.05, 0.1) is 0 Å². The van der Waals surface area contributed by atoms with E-state index in [9.17, 15) is 4.79 Å². The van der Waals surface area contributed by atoms with Crippen molar-refractivity contribution in [2.75, 3.05) is 6.61 Å². The van der Waals surface area contributed by atoms with E-state index in [0.29, 0.717) is 6.61 Å². The van der Waals surface area contributed by atoms with Crippen LogP contribution < -0.4 is 0 Å². The average Bonchev–Trinajstić information content (AvgIpc) is 2.51. The molecular formula is C6H8BrN3O2. The van der Waals surface area contributed by atoms with Crippen molar-refractivity contribution in [1.82, 2.24) is 15.2 Å². The number of carbonyl (C=O) groups is 1. The molecule has 0 aliphatic rings. The molecule has 0 aliphatic carbocycles. The Balaban J connectivity index is 2.40. The van der Waals surface area contributed by atoms with E-state index >= 15 is 0 Å². The van der Waals surface area contributed by atoms with Crippen molar-refractivity contribution >= 4 is 21.9 Å². The van der Waals surface area contributed by atoms with Crippen LogP contribution in [0.4, 0.5) is 0 Å². The van der Waals surface area contributed by atoms with Crippen molar-refractivity contribution in [1.29, 1.82) is 0 Å². The van der Waals surface area contributed by atoms with Gasteiger partial charge < -0.3 is 4.74 Å². The maximum atomic E-state index is 11.0. The summed E-state index contributed by atoms with van der Waals surface area (Å²) in [6, 6.07) is 0. The van der Waals surface area contributed by atoms with Crippen LogP contribution in [-0.2, 0) is 4.74 Å². The van der Waals surface area contributed by atoms with Crippen molar-refractivity contribution in [2.45, 2.75) is 11.8 Å². The van der Waals surface area contributed by atoms with Gasteiger partial charge in [-0.2, -0.15) is 5.10 Å². The molecule has 12 heavy (non-hydrogen) atoms. The van der Waals surface area contributed by atoms with Gasteiger partial charge >= 0.3 is 5.97 Å². The highest BCUT2D eigenvalue weighted by atomic mass is 79.9. The molecule has 0 amide bonds. The maximum Gasteiger partial charge on any atom is 0.375 e. The van der Waals surface area contributed by atoms with E-state index in [0.717, 1.165) is 0 Å². The fraction of sp³-hybridized carbons (Fsp3) is 0.500. The van der Waals surface area contributed by atoms with Crippen LogP contribution in [0.3, 0.4) is 0 Å². The lowest BCUT2D eigenvalue weighted by Crippen LogP contribution is -2.12. The highest BCUT2D eigenvalue weighted by Crippen LogP contribution is 1.99. The Morgan fingerprint density at radius 1 is 1.92 bits per heavy atom. The summed E-state index contributed by atoms with van der Waals surface area (Å²) in [6.45, 7) is 2.20. The van der Waals surface area contributed by atoms with Gasteiger partial charge in [-0.1, -0.05) is 15.9 Å². The summed E-state index contributed by atoms with van der Waals surface area (Å²) in [5.74, 6) is -0.359. The Labute approximate surface area is 77.7 Å². The van der Waals surface area contributed by atoms with Crippen molar-refractivity contribution in [2.24, 2.45) is 0 Å². The number of alkyl halides is 1. The Morgan fingerprint density at radius 3 is 3.17 bits per heavy atom. The summed E-state index contributed by atoms with van der Waals surface area (Å²) in [6.07, 6.45) is 1.26. The predicted molar refractivity (Wildman–Crippen MR) is 45.1 cm³/mol. The van der Waals surface area contributed by atoms with E-state index in [1.165, 1.54) is 6.33 Å². The molecule has 1 atom stereocenters. The number of aromatic amines is 1. The van der Waals surface area contributed by atoms with Gasteiger partial charge in [0.1, 0.15) is 12.9 Å². The number of halogens is 1. The normalized spacial score (nSPS) is 12.5. The monoisotopic (exact) mass is 233 g/mol. The van der Waals surface area contributed by atoms with Gasteiger partial charge in [-0.05, 0) is 6.92 Å². The van der Waals surface area contributed by atoms with E-state index in [-0.39, 0.29) is 10.7 Å². The first-order valence-corrected chi connectivity index (χ1v) is 4.28. The summed E-state index contributed by atoms with van der Waals surface area (Å²) < 4.78 is 4.83. The van der Waals surface area contributed by atoms with Gasteiger partial charge in [0.2, 0.25) is 5.82 Å². The zero-order valence-corrected chi connectivity index (χ0v) is 8.04. The lowest BCUT2D eigenvalue weighted by atomic mass is 10.5. The van der Waals surface area contributed by atoms with Crippen LogP contribution in [0.5, 0.6) is 0 Å². The number of ether oxygens (including phenoxy) is 1. The second-order valence-electron chi connectivity index (χ2n) is 2.21. The summed E-state index contributed by atoms with van der Waals surface area (Å²) in [4.78, 5) is 14.8. The average molecular weight is 234 g/mol. The lowest BCUT2D eigenvalue weighted by molar-refractivity contribution is 0.0498. The molecule has 1 aromatic heterocycles. The quantitative estimate of drug-likeness (QED) is 0.618. The van der Waals surface area contributed by atoms with Gasteiger partial charge in [0.25, 0.3) is 0 Å². The molecule has 66 valence electrons. The molecule has 0 fully saturated rings. The van der Waals surface area contributed by atoms with Crippen LogP contribution in [0.2, 0.25) is 0 Å². The fourth-order valence-electron chi connectivity index (χ4n) is 0.563. The minimum atomic E-state index is -0.487. The minimum Gasteiger partial charge on any atom is -0.459 e. The van der Waals surface area contributed by atoms with Crippen molar-refractivity contribution < 1.29 is 9.53 Å². The molecule has 1 heterocycles. The van der Waals surface area contributed by atoms with Gasteiger partial charge in [0, 0.05) is 4.83 Å². The van der Waals surface area contributed by atoms with Crippen LogP contribution in [0.25, 0.3) is 0 Å². The number of H-pyrrole nitrogens is 1. The minimum absolute atomic E-state index is 0.128. The lowest BCUT2D eigenvalue weighted by Gasteiger charge is -2.02. The SMILES string of the molecule is CC(Br)COC(=O)c1ncn[nH]1. The number of hydrogen-bond donors (Lipinski definition) is 1. The molecule has 0 saturated heterocycles. The summed E-state index contributed by atoms with van der Waals surface area (Å²) >= 11 is 3.24. The number of nitrogens with one attached hydrogen (secondary N) is 1. The predicted octanol–water partition coefficient (Wildman–Crippen LogP) is 0.745. The van der Waals surface area contributed by atoms with Crippen molar-refractivity contribution in [3.8, 4) is 0 Å². The van der Waals surface area contributed by atoms with E-state index in [2.05, 4.69) is 31.1 Å². The topological polar surface area (TPSA) is 67.9 Å². The van der Waals surface area contributed by atoms with E-state index in [4.69, 9.17) is 4.74 Å². The number of nitrogens with zero attached hydrogens (tertiary/aromatic N) is 2. The third-order valence-corrected chi connectivity index (χ3v) is 1.32. The zero-order valence-electron chi connectivity index (χ0n) is 6.45. The molecule has 6 heteroatoms. The molecular weight excluding hydrogens is 226 g/mol.